The van der Waals surface area contributed by atoms with Gasteiger partial charge < -0.3 is 15.6 Å². The summed E-state index contributed by atoms with van der Waals surface area (Å²) in [6, 6.07) is 6.36. The Bertz CT molecular complexity index is 572. The van der Waals surface area contributed by atoms with E-state index < -0.39 is 5.97 Å². The molecule has 0 fully saturated rings. The molecule has 8 heteroatoms. The van der Waals surface area contributed by atoms with Gasteiger partial charge >= 0.3 is 5.97 Å². The van der Waals surface area contributed by atoms with Crippen LogP contribution < -0.4 is 10.5 Å². The standard InChI is InChI=1S/C12H13N3O3S2/c13-11-14-15-12(20-11)19-7-1-6-18-9-4-2-8(3-5-9)10(16)17/h2-5H,1,6-7H2,(H2,13,14)(H,16,17). The maximum atomic E-state index is 10.7. The lowest BCUT2D eigenvalue weighted by Crippen LogP contribution is -2.00. The van der Waals surface area contributed by atoms with E-state index in [-0.39, 0.29) is 5.56 Å². The van der Waals surface area contributed by atoms with Gasteiger partial charge in [-0.05, 0) is 30.7 Å². The van der Waals surface area contributed by atoms with E-state index in [1.165, 1.54) is 23.5 Å². The van der Waals surface area contributed by atoms with Crippen LogP contribution in [0.25, 0.3) is 0 Å². The van der Waals surface area contributed by atoms with E-state index >= 15 is 0 Å². The third-order valence-electron chi connectivity index (χ3n) is 2.31. The van der Waals surface area contributed by atoms with Gasteiger partial charge in [0.1, 0.15) is 5.75 Å². The monoisotopic (exact) mass is 311 g/mol. The van der Waals surface area contributed by atoms with Crippen molar-refractivity contribution in [2.75, 3.05) is 18.1 Å². The number of nitrogens with zero attached hydrogens (tertiary/aromatic N) is 2. The summed E-state index contributed by atoms with van der Waals surface area (Å²) in [6.07, 6.45) is 0.852. The third-order valence-corrected chi connectivity index (χ3v) is 4.28. The van der Waals surface area contributed by atoms with Gasteiger partial charge in [-0.1, -0.05) is 23.1 Å². The summed E-state index contributed by atoms with van der Waals surface area (Å²) >= 11 is 2.96. The first-order valence-electron chi connectivity index (χ1n) is 5.83. The molecule has 0 spiro atoms. The van der Waals surface area contributed by atoms with Gasteiger partial charge in [0.25, 0.3) is 0 Å². The molecular weight excluding hydrogens is 298 g/mol. The van der Waals surface area contributed by atoms with E-state index in [1.54, 1.807) is 23.9 Å². The Balaban J connectivity index is 1.66. The fraction of sp³-hybridized carbons (Fsp3) is 0.250. The number of carbonyl (C=O) groups is 1. The number of anilines is 1. The van der Waals surface area contributed by atoms with E-state index in [0.717, 1.165) is 16.5 Å². The molecule has 0 saturated carbocycles. The van der Waals surface area contributed by atoms with Gasteiger partial charge in [-0.2, -0.15) is 0 Å². The zero-order valence-corrected chi connectivity index (χ0v) is 12.1. The minimum absolute atomic E-state index is 0.252. The molecule has 0 aliphatic heterocycles. The molecular formula is C12H13N3O3S2. The fourth-order valence-electron chi connectivity index (χ4n) is 1.38. The van der Waals surface area contributed by atoms with Gasteiger partial charge in [0.05, 0.1) is 12.2 Å². The molecule has 106 valence electrons. The van der Waals surface area contributed by atoms with Crippen molar-refractivity contribution in [1.29, 1.82) is 0 Å². The van der Waals surface area contributed by atoms with Crippen LogP contribution in [0.3, 0.4) is 0 Å². The summed E-state index contributed by atoms with van der Waals surface area (Å²) in [6.45, 7) is 0.563. The summed E-state index contributed by atoms with van der Waals surface area (Å²) in [5.74, 6) is 0.589. The zero-order valence-electron chi connectivity index (χ0n) is 10.5. The molecule has 2 aromatic rings. The molecule has 0 bridgehead atoms. The Morgan fingerprint density at radius 3 is 2.70 bits per heavy atom. The van der Waals surface area contributed by atoms with Crippen LogP contribution in [0.2, 0.25) is 0 Å². The molecule has 20 heavy (non-hydrogen) atoms. The molecule has 1 heterocycles. The second kappa shape index (κ2) is 7.11. The van der Waals surface area contributed by atoms with E-state index in [1.807, 2.05) is 0 Å². The van der Waals surface area contributed by atoms with Crippen LogP contribution in [0.15, 0.2) is 28.6 Å². The molecule has 1 aromatic heterocycles. The summed E-state index contributed by atoms with van der Waals surface area (Å²) in [5, 5.41) is 16.9. The van der Waals surface area contributed by atoms with Crippen molar-refractivity contribution in [3.63, 3.8) is 0 Å². The third kappa shape index (κ3) is 4.39. The van der Waals surface area contributed by atoms with Crippen molar-refractivity contribution in [2.24, 2.45) is 0 Å². The minimum Gasteiger partial charge on any atom is -0.494 e. The highest BCUT2D eigenvalue weighted by Crippen LogP contribution is 2.24. The van der Waals surface area contributed by atoms with E-state index in [0.29, 0.717) is 17.5 Å². The van der Waals surface area contributed by atoms with Crippen LogP contribution >= 0.6 is 23.1 Å². The van der Waals surface area contributed by atoms with Gasteiger partial charge in [0.15, 0.2) is 4.34 Å². The van der Waals surface area contributed by atoms with Crippen molar-refractivity contribution in [3.8, 4) is 5.75 Å². The SMILES string of the molecule is Nc1nnc(SCCCOc2ccc(C(=O)O)cc2)s1. The smallest absolute Gasteiger partial charge is 0.335 e. The molecule has 0 amide bonds. The normalized spacial score (nSPS) is 10.4. The number of carboxylic acid groups (broad SMARTS) is 1. The highest BCUT2D eigenvalue weighted by molar-refractivity contribution is 8.01. The van der Waals surface area contributed by atoms with Gasteiger partial charge in [0, 0.05) is 5.75 Å². The van der Waals surface area contributed by atoms with Gasteiger partial charge in [-0.25, -0.2) is 4.79 Å². The molecule has 2 rings (SSSR count). The minimum atomic E-state index is -0.940. The van der Waals surface area contributed by atoms with Gasteiger partial charge in [-0.15, -0.1) is 10.2 Å². The summed E-state index contributed by atoms with van der Waals surface area (Å²) in [5.41, 5.74) is 5.74. The number of nitrogen functional groups attached to an aromatic ring is 1. The van der Waals surface area contributed by atoms with Crippen LogP contribution in [0.5, 0.6) is 5.75 Å². The number of rotatable bonds is 7. The van der Waals surface area contributed by atoms with Crippen molar-refractivity contribution >= 4 is 34.2 Å². The highest BCUT2D eigenvalue weighted by atomic mass is 32.2. The first-order valence-corrected chi connectivity index (χ1v) is 7.63. The van der Waals surface area contributed by atoms with Crippen molar-refractivity contribution < 1.29 is 14.6 Å². The second-order valence-corrected chi connectivity index (χ2v) is 6.14. The zero-order chi connectivity index (χ0) is 14.4. The molecule has 1 aromatic carbocycles. The first kappa shape index (κ1) is 14.6. The second-order valence-electron chi connectivity index (χ2n) is 3.79. The lowest BCUT2D eigenvalue weighted by molar-refractivity contribution is 0.0697. The number of hydrogen-bond acceptors (Lipinski definition) is 7. The molecule has 0 atom stereocenters. The lowest BCUT2D eigenvalue weighted by atomic mass is 10.2. The number of nitrogens with two attached hydrogens (primary N) is 1. The number of aromatic nitrogens is 2. The predicted octanol–water partition coefficient (Wildman–Crippen LogP) is 2.38. The van der Waals surface area contributed by atoms with Crippen molar-refractivity contribution in [3.05, 3.63) is 29.8 Å². The Morgan fingerprint density at radius 2 is 2.10 bits per heavy atom. The van der Waals surface area contributed by atoms with Crippen molar-refractivity contribution in [2.45, 2.75) is 10.8 Å². The Hall–Kier alpha value is -1.80. The average Bonchev–Trinajstić information content (AvgIpc) is 2.84. The summed E-state index contributed by atoms with van der Waals surface area (Å²) in [7, 11) is 0. The van der Waals surface area contributed by atoms with Gasteiger partial charge in [0.2, 0.25) is 5.13 Å². The fourth-order valence-corrected chi connectivity index (χ4v) is 3.00. The van der Waals surface area contributed by atoms with Crippen LogP contribution in [0.1, 0.15) is 16.8 Å². The van der Waals surface area contributed by atoms with E-state index in [2.05, 4.69) is 10.2 Å². The van der Waals surface area contributed by atoms with Crippen molar-refractivity contribution in [1.82, 2.24) is 10.2 Å². The summed E-state index contributed by atoms with van der Waals surface area (Å²) in [4.78, 5) is 10.7. The number of hydrogen-bond donors (Lipinski definition) is 2. The van der Waals surface area contributed by atoms with Crippen LogP contribution in [-0.2, 0) is 0 Å². The highest BCUT2D eigenvalue weighted by Gasteiger charge is 2.03. The molecule has 3 N–H and O–H groups in total. The Morgan fingerprint density at radius 1 is 1.35 bits per heavy atom. The van der Waals surface area contributed by atoms with E-state index in [4.69, 9.17) is 15.6 Å². The molecule has 0 saturated heterocycles. The van der Waals surface area contributed by atoms with Crippen LogP contribution in [0, 0.1) is 0 Å². The molecule has 0 aliphatic carbocycles. The molecule has 0 aliphatic rings. The number of ether oxygens (including phenoxy) is 1. The van der Waals surface area contributed by atoms with Crippen LogP contribution in [-0.4, -0.2) is 33.6 Å². The maximum absolute atomic E-state index is 10.7. The molecule has 0 unspecified atom stereocenters. The van der Waals surface area contributed by atoms with E-state index in [9.17, 15) is 4.79 Å². The topological polar surface area (TPSA) is 98.3 Å². The Labute approximate surface area is 124 Å². The number of aromatic carboxylic acids is 1. The van der Waals surface area contributed by atoms with Crippen LogP contribution in [0.4, 0.5) is 5.13 Å². The number of thioether (sulfide) groups is 1. The lowest BCUT2D eigenvalue weighted by Gasteiger charge is -2.05. The summed E-state index contributed by atoms with van der Waals surface area (Å²) < 4.78 is 6.38. The molecule has 6 nitrogen and oxygen atoms in total. The Kier molecular flexibility index (Phi) is 5.19. The average molecular weight is 311 g/mol. The predicted molar refractivity (Wildman–Crippen MR) is 78.6 cm³/mol. The molecule has 0 radical (unpaired) electrons. The number of benzene rings is 1. The quantitative estimate of drug-likeness (QED) is 0.598. The first-order chi connectivity index (χ1) is 9.65. The van der Waals surface area contributed by atoms with Gasteiger partial charge in [-0.3, -0.25) is 0 Å². The maximum Gasteiger partial charge on any atom is 0.335 e. The largest absolute Gasteiger partial charge is 0.494 e. The number of carboxylic acids is 1.